The molecular weight excluding hydrogens is 354 g/mol. The lowest BCUT2D eigenvalue weighted by Crippen LogP contribution is -2.46. The summed E-state index contributed by atoms with van der Waals surface area (Å²) in [5.41, 5.74) is 2.30. The topological polar surface area (TPSA) is 77.4 Å². The van der Waals surface area contributed by atoms with E-state index in [-0.39, 0.29) is 17.7 Å². The molecule has 1 amide bonds. The number of hydrogen-bond donors (Lipinski definition) is 2. The molecule has 148 valence electrons. The highest BCUT2D eigenvalue weighted by molar-refractivity contribution is 5.91. The van der Waals surface area contributed by atoms with Gasteiger partial charge in [0.2, 0.25) is 5.76 Å². The maximum absolute atomic E-state index is 12.6. The van der Waals surface area contributed by atoms with Crippen LogP contribution in [0.4, 0.5) is 6.01 Å². The van der Waals surface area contributed by atoms with Crippen molar-refractivity contribution in [3.05, 3.63) is 48.0 Å². The van der Waals surface area contributed by atoms with E-state index < -0.39 is 0 Å². The molecule has 1 aromatic carbocycles. The second-order valence-electron chi connectivity index (χ2n) is 7.37. The average Bonchev–Trinajstić information content (AvgIpc) is 3.36. The molecule has 0 aliphatic carbocycles. The van der Waals surface area contributed by atoms with E-state index in [4.69, 9.17) is 4.42 Å². The zero-order valence-electron chi connectivity index (χ0n) is 16.4. The number of amides is 1. The molecule has 1 aliphatic heterocycles. The first-order valence-corrected chi connectivity index (χ1v) is 9.93. The normalized spacial score (nSPS) is 16.4. The average molecular weight is 381 g/mol. The van der Waals surface area contributed by atoms with Gasteiger partial charge in [0.25, 0.3) is 11.9 Å². The molecule has 7 nitrogen and oxygen atoms in total. The smallest absolute Gasteiger partial charge is 0.298 e. The van der Waals surface area contributed by atoms with Gasteiger partial charge in [-0.05, 0) is 31.5 Å². The molecule has 1 unspecified atom stereocenters. The van der Waals surface area contributed by atoms with Crippen molar-refractivity contribution >= 4 is 22.8 Å². The van der Waals surface area contributed by atoms with Gasteiger partial charge in [-0.15, -0.1) is 0 Å². The molecule has 1 saturated heterocycles. The summed E-state index contributed by atoms with van der Waals surface area (Å²) in [5, 5.41) is 4.21. The van der Waals surface area contributed by atoms with E-state index in [1.165, 1.54) is 17.1 Å². The number of H-pyrrole nitrogens is 1. The first-order chi connectivity index (χ1) is 13.6. The number of aromatic nitrogens is 2. The number of likely N-dealkylation sites (N-methyl/N-ethyl adjacent to an activating group) is 1. The van der Waals surface area contributed by atoms with E-state index in [9.17, 15) is 4.79 Å². The highest BCUT2D eigenvalue weighted by atomic mass is 16.4. The summed E-state index contributed by atoms with van der Waals surface area (Å²) in [7, 11) is 0. The molecule has 3 aromatic rings. The number of rotatable bonds is 6. The standard InChI is InChI=1S/C21H27N5O2/c1-3-25-8-10-26(11-9-25)21-23-14-19(28-21)20(27)24-15(2)12-16-13-22-18-7-5-4-6-17(16)18/h4-7,13-15,22H,3,8-12H2,1-2H3,(H,24,27). The zero-order valence-corrected chi connectivity index (χ0v) is 16.4. The Morgan fingerprint density at radius 3 is 2.86 bits per heavy atom. The van der Waals surface area contributed by atoms with Crippen LogP contribution >= 0.6 is 0 Å². The van der Waals surface area contributed by atoms with Crippen molar-refractivity contribution < 1.29 is 9.21 Å². The van der Waals surface area contributed by atoms with Gasteiger partial charge in [-0.3, -0.25) is 4.79 Å². The molecule has 2 N–H and O–H groups in total. The molecule has 0 spiro atoms. The Bertz CT molecular complexity index is 939. The van der Waals surface area contributed by atoms with Crippen molar-refractivity contribution in [1.82, 2.24) is 20.2 Å². The third-order valence-corrected chi connectivity index (χ3v) is 5.39. The van der Waals surface area contributed by atoms with Crippen molar-refractivity contribution in [1.29, 1.82) is 0 Å². The number of carbonyl (C=O) groups excluding carboxylic acids is 1. The summed E-state index contributed by atoms with van der Waals surface area (Å²) in [6.07, 6.45) is 4.28. The Kier molecular flexibility index (Phi) is 5.34. The molecule has 1 aliphatic rings. The number of carbonyl (C=O) groups is 1. The minimum Gasteiger partial charge on any atom is -0.418 e. The van der Waals surface area contributed by atoms with Crippen LogP contribution in [0.3, 0.4) is 0 Å². The quantitative estimate of drug-likeness (QED) is 0.686. The second-order valence-corrected chi connectivity index (χ2v) is 7.37. The Hall–Kier alpha value is -2.80. The predicted octanol–water partition coefficient (Wildman–Crippen LogP) is 2.66. The number of nitrogens with zero attached hydrogens (tertiary/aromatic N) is 3. The van der Waals surface area contributed by atoms with E-state index in [0.29, 0.717) is 6.01 Å². The van der Waals surface area contributed by atoms with E-state index >= 15 is 0 Å². The van der Waals surface area contributed by atoms with Crippen LogP contribution in [0.25, 0.3) is 10.9 Å². The minimum atomic E-state index is -0.224. The molecule has 7 heteroatoms. The van der Waals surface area contributed by atoms with Crippen molar-refractivity contribution in [2.75, 3.05) is 37.6 Å². The Morgan fingerprint density at radius 1 is 1.29 bits per heavy atom. The predicted molar refractivity (Wildman–Crippen MR) is 110 cm³/mol. The van der Waals surface area contributed by atoms with Crippen LogP contribution in [0, 0.1) is 0 Å². The summed E-state index contributed by atoms with van der Waals surface area (Å²) < 4.78 is 5.74. The molecular formula is C21H27N5O2. The highest BCUT2D eigenvalue weighted by Crippen LogP contribution is 2.20. The van der Waals surface area contributed by atoms with E-state index in [1.54, 1.807) is 0 Å². The third kappa shape index (κ3) is 3.89. The van der Waals surface area contributed by atoms with Crippen LogP contribution in [-0.2, 0) is 6.42 Å². The Morgan fingerprint density at radius 2 is 2.07 bits per heavy atom. The fourth-order valence-corrected chi connectivity index (χ4v) is 3.75. The number of piperazine rings is 1. The summed E-state index contributed by atoms with van der Waals surface area (Å²) in [6, 6.07) is 8.70. The van der Waals surface area contributed by atoms with Crippen LogP contribution in [0.2, 0.25) is 0 Å². The molecule has 28 heavy (non-hydrogen) atoms. The van der Waals surface area contributed by atoms with Crippen LogP contribution in [0.15, 0.2) is 41.1 Å². The van der Waals surface area contributed by atoms with Gasteiger partial charge in [-0.1, -0.05) is 25.1 Å². The maximum atomic E-state index is 12.6. The van der Waals surface area contributed by atoms with Crippen LogP contribution in [0.5, 0.6) is 0 Å². The SMILES string of the molecule is CCN1CCN(c2ncc(C(=O)NC(C)Cc3c[nH]c4ccccc34)o2)CC1. The van der Waals surface area contributed by atoms with Gasteiger partial charge in [0.15, 0.2) is 0 Å². The molecule has 2 aromatic heterocycles. The van der Waals surface area contributed by atoms with E-state index in [0.717, 1.165) is 44.7 Å². The highest BCUT2D eigenvalue weighted by Gasteiger charge is 2.22. The third-order valence-electron chi connectivity index (χ3n) is 5.39. The molecule has 1 fully saturated rings. The van der Waals surface area contributed by atoms with Crippen molar-refractivity contribution in [3.8, 4) is 0 Å². The van der Waals surface area contributed by atoms with Gasteiger partial charge in [0.05, 0.1) is 6.20 Å². The second kappa shape index (κ2) is 8.06. The number of fused-ring (bicyclic) bond motifs is 1. The van der Waals surface area contributed by atoms with Gasteiger partial charge in [-0.2, -0.15) is 0 Å². The van der Waals surface area contributed by atoms with E-state index in [2.05, 4.69) is 44.1 Å². The summed E-state index contributed by atoms with van der Waals surface area (Å²) >= 11 is 0. The fourth-order valence-electron chi connectivity index (χ4n) is 3.75. The number of benzene rings is 1. The number of oxazole rings is 1. The molecule has 3 heterocycles. The minimum absolute atomic E-state index is 0.0200. The lowest BCUT2D eigenvalue weighted by Gasteiger charge is -2.32. The number of anilines is 1. The first kappa shape index (κ1) is 18.6. The van der Waals surface area contributed by atoms with Gasteiger partial charge in [0.1, 0.15) is 0 Å². The van der Waals surface area contributed by atoms with Crippen molar-refractivity contribution in [2.45, 2.75) is 26.3 Å². The molecule has 1 atom stereocenters. The van der Waals surface area contributed by atoms with Crippen LogP contribution in [-0.4, -0.2) is 59.5 Å². The van der Waals surface area contributed by atoms with E-state index in [1.807, 2.05) is 25.3 Å². The Balaban J connectivity index is 1.35. The van der Waals surface area contributed by atoms with Gasteiger partial charge < -0.3 is 24.5 Å². The number of nitrogens with one attached hydrogen (secondary N) is 2. The molecule has 0 radical (unpaired) electrons. The summed E-state index contributed by atoms with van der Waals surface area (Å²) in [4.78, 5) is 24.6. The van der Waals surface area contributed by atoms with Gasteiger partial charge in [0, 0.05) is 49.3 Å². The largest absolute Gasteiger partial charge is 0.418 e. The first-order valence-electron chi connectivity index (χ1n) is 9.93. The summed E-state index contributed by atoms with van der Waals surface area (Å²) in [5.74, 6) is 0.0389. The molecule has 0 bridgehead atoms. The lowest BCUT2D eigenvalue weighted by molar-refractivity contribution is 0.0912. The van der Waals surface area contributed by atoms with Crippen LogP contribution in [0.1, 0.15) is 30.0 Å². The summed E-state index contributed by atoms with van der Waals surface area (Å²) in [6.45, 7) is 8.94. The fraction of sp³-hybridized carbons (Fsp3) is 0.429. The Labute approximate surface area is 164 Å². The number of hydrogen-bond acceptors (Lipinski definition) is 5. The zero-order chi connectivity index (χ0) is 19.5. The number of para-hydroxylation sites is 1. The van der Waals surface area contributed by atoms with Crippen molar-refractivity contribution in [3.63, 3.8) is 0 Å². The maximum Gasteiger partial charge on any atom is 0.298 e. The lowest BCUT2D eigenvalue weighted by atomic mass is 10.1. The monoisotopic (exact) mass is 381 g/mol. The number of aromatic amines is 1. The van der Waals surface area contributed by atoms with Gasteiger partial charge in [-0.25, -0.2) is 4.98 Å². The molecule has 0 saturated carbocycles. The van der Waals surface area contributed by atoms with Crippen molar-refractivity contribution in [2.24, 2.45) is 0 Å². The molecule has 4 rings (SSSR count). The van der Waals surface area contributed by atoms with Gasteiger partial charge >= 0.3 is 0 Å². The van der Waals surface area contributed by atoms with Crippen LogP contribution < -0.4 is 10.2 Å².